The molecule has 88 valence electrons. The molecule has 1 aliphatic heterocycles. The second-order valence-electron chi connectivity index (χ2n) is 4.08. The second-order valence-corrected chi connectivity index (χ2v) is 4.08. The van der Waals surface area contributed by atoms with Gasteiger partial charge < -0.3 is 10.4 Å². The quantitative estimate of drug-likeness (QED) is 0.815. The lowest BCUT2D eigenvalue weighted by Crippen LogP contribution is -2.17. The molecule has 0 aliphatic carbocycles. The van der Waals surface area contributed by atoms with Gasteiger partial charge >= 0.3 is 0 Å². The summed E-state index contributed by atoms with van der Waals surface area (Å²) in [7, 11) is 0. The Labute approximate surface area is 99.1 Å². The van der Waals surface area contributed by atoms with Crippen molar-refractivity contribution >= 4 is 5.69 Å². The normalized spacial score (nSPS) is 12.8. The number of aryl methyl sites for hydroxylation is 1. The molecular formula is C12H14N4O. The fourth-order valence-corrected chi connectivity index (χ4v) is 2.17. The first-order valence-corrected chi connectivity index (χ1v) is 5.74. The molecule has 17 heavy (non-hydrogen) atoms. The van der Waals surface area contributed by atoms with Crippen molar-refractivity contribution in [1.29, 1.82) is 0 Å². The molecule has 0 spiro atoms. The SMILES string of the molecule is CCc1nnc2n1-c1ccc(CO)cc1NC2. The molecule has 2 heterocycles. The number of nitrogens with one attached hydrogen (secondary N) is 1. The monoisotopic (exact) mass is 230 g/mol. The third-order valence-corrected chi connectivity index (χ3v) is 3.03. The number of nitrogens with zero attached hydrogens (tertiary/aromatic N) is 3. The zero-order chi connectivity index (χ0) is 11.8. The number of anilines is 1. The Kier molecular flexibility index (Phi) is 2.33. The van der Waals surface area contributed by atoms with Crippen molar-refractivity contribution in [3.05, 3.63) is 35.4 Å². The second kappa shape index (κ2) is 3.85. The zero-order valence-corrected chi connectivity index (χ0v) is 9.64. The molecule has 5 heteroatoms. The summed E-state index contributed by atoms with van der Waals surface area (Å²) in [6.45, 7) is 2.81. The highest BCUT2D eigenvalue weighted by molar-refractivity contribution is 5.65. The summed E-state index contributed by atoms with van der Waals surface area (Å²) in [5.41, 5.74) is 3.00. The van der Waals surface area contributed by atoms with Crippen molar-refractivity contribution in [2.75, 3.05) is 5.32 Å². The van der Waals surface area contributed by atoms with Crippen molar-refractivity contribution < 1.29 is 5.11 Å². The van der Waals surface area contributed by atoms with Gasteiger partial charge in [0.2, 0.25) is 0 Å². The maximum Gasteiger partial charge on any atom is 0.157 e. The predicted octanol–water partition coefficient (Wildman–Crippen LogP) is 1.25. The van der Waals surface area contributed by atoms with Gasteiger partial charge in [0, 0.05) is 6.42 Å². The highest BCUT2D eigenvalue weighted by Gasteiger charge is 2.19. The molecule has 2 N–H and O–H groups in total. The van der Waals surface area contributed by atoms with E-state index in [0.29, 0.717) is 6.54 Å². The lowest BCUT2D eigenvalue weighted by molar-refractivity contribution is 0.282. The average Bonchev–Trinajstić information content (AvgIpc) is 2.81. The van der Waals surface area contributed by atoms with Gasteiger partial charge in [-0.25, -0.2) is 0 Å². The minimum absolute atomic E-state index is 0.0601. The maximum atomic E-state index is 9.14. The summed E-state index contributed by atoms with van der Waals surface area (Å²) in [5, 5.41) is 20.8. The van der Waals surface area contributed by atoms with Gasteiger partial charge in [-0.1, -0.05) is 13.0 Å². The number of fused-ring (bicyclic) bond motifs is 3. The van der Waals surface area contributed by atoms with Crippen LogP contribution in [0.2, 0.25) is 0 Å². The fraction of sp³-hybridized carbons (Fsp3) is 0.333. The van der Waals surface area contributed by atoms with E-state index in [1.54, 1.807) is 0 Å². The molecule has 1 aromatic heterocycles. The van der Waals surface area contributed by atoms with Gasteiger partial charge in [0.15, 0.2) is 5.82 Å². The Morgan fingerprint density at radius 3 is 3.06 bits per heavy atom. The Morgan fingerprint density at radius 1 is 1.41 bits per heavy atom. The van der Waals surface area contributed by atoms with Crippen molar-refractivity contribution in [1.82, 2.24) is 14.8 Å². The molecule has 1 aromatic carbocycles. The molecule has 0 saturated heterocycles. The average molecular weight is 230 g/mol. The van der Waals surface area contributed by atoms with E-state index in [1.807, 2.05) is 18.2 Å². The molecule has 0 atom stereocenters. The van der Waals surface area contributed by atoms with Gasteiger partial charge in [-0.2, -0.15) is 0 Å². The smallest absolute Gasteiger partial charge is 0.157 e. The molecule has 1 aliphatic rings. The van der Waals surface area contributed by atoms with Crippen LogP contribution in [0.1, 0.15) is 24.1 Å². The van der Waals surface area contributed by atoms with E-state index in [0.717, 1.165) is 35.0 Å². The molecular weight excluding hydrogens is 216 g/mol. The van der Waals surface area contributed by atoms with Crippen molar-refractivity contribution in [2.45, 2.75) is 26.5 Å². The van der Waals surface area contributed by atoms with E-state index in [9.17, 15) is 0 Å². The summed E-state index contributed by atoms with van der Waals surface area (Å²) >= 11 is 0. The zero-order valence-electron chi connectivity index (χ0n) is 9.64. The van der Waals surface area contributed by atoms with E-state index in [1.165, 1.54) is 0 Å². The van der Waals surface area contributed by atoms with Crippen molar-refractivity contribution in [3.8, 4) is 5.69 Å². The molecule has 0 radical (unpaired) electrons. The van der Waals surface area contributed by atoms with Gasteiger partial charge in [-0.3, -0.25) is 4.57 Å². The van der Waals surface area contributed by atoms with Crippen molar-refractivity contribution in [3.63, 3.8) is 0 Å². The van der Waals surface area contributed by atoms with Crippen LogP contribution in [-0.4, -0.2) is 19.9 Å². The number of aromatic nitrogens is 3. The predicted molar refractivity (Wildman–Crippen MR) is 64.0 cm³/mol. The molecule has 3 rings (SSSR count). The van der Waals surface area contributed by atoms with Gasteiger partial charge in [-0.15, -0.1) is 10.2 Å². The number of hydrogen-bond acceptors (Lipinski definition) is 4. The van der Waals surface area contributed by atoms with Crippen LogP contribution in [0.3, 0.4) is 0 Å². The number of hydrogen-bond donors (Lipinski definition) is 2. The summed E-state index contributed by atoms with van der Waals surface area (Å²) < 4.78 is 2.09. The molecule has 0 fully saturated rings. The van der Waals surface area contributed by atoms with Crippen LogP contribution in [0.4, 0.5) is 5.69 Å². The van der Waals surface area contributed by atoms with Crippen LogP contribution >= 0.6 is 0 Å². The minimum Gasteiger partial charge on any atom is -0.392 e. The fourth-order valence-electron chi connectivity index (χ4n) is 2.17. The van der Waals surface area contributed by atoms with Crippen molar-refractivity contribution in [2.24, 2.45) is 0 Å². The van der Waals surface area contributed by atoms with E-state index < -0.39 is 0 Å². The van der Waals surface area contributed by atoms with Gasteiger partial charge in [0.05, 0.1) is 24.5 Å². The number of aliphatic hydroxyl groups is 1. The van der Waals surface area contributed by atoms with Crippen LogP contribution in [-0.2, 0) is 19.6 Å². The summed E-state index contributed by atoms with van der Waals surface area (Å²) in [4.78, 5) is 0. The van der Waals surface area contributed by atoms with E-state index in [2.05, 4.69) is 27.0 Å². The number of rotatable bonds is 2. The molecule has 0 saturated carbocycles. The standard InChI is InChI=1S/C12H14N4O/c1-2-11-14-15-12-6-13-9-5-8(7-17)3-4-10(9)16(11)12/h3-5,13,17H,2,6-7H2,1H3. The highest BCUT2D eigenvalue weighted by Crippen LogP contribution is 2.28. The first-order chi connectivity index (χ1) is 8.33. The van der Waals surface area contributed by atoms with Crippen LogP contribution in [0.5, 0.6) is 0 Å². The first kappa shape index (κ1) is 10.3. The Morgan fingerprint density at radius 2 is 2.29 bits per heavy atom. The lowest BCUT2D eigenvalue weighted by Gasteiger charge is -2.21. The Bertz CT molecular complexity index is 548. The van der Waals surface area contributed by atoms with Crippen LogP contribution in [0, 0.1) is 0 Å². The number of aliphatic hydroxyl groups excluding tert-OH is 1. The van der Waals surface area contributed by atoms with Crippen LogP contribution < -0.4 is 5.32 Å². The first-order valence-electron chi connectivity index (χ1n) is 5.74. The van der Waals surface area contributed by atoms with Crippen LogP contribution in [0.25, 0.3) is 5.69 Å². The summed E-state index contributed by atoms with van der Waals surface area (Å²) in [6, 6.07) is 5.89. The largest absolute Gasteiger partial charge is 0.392 e. The topological polar surface area (TPSA) is 63.0 Å². The summed E-state index contributed by atoms with van der Waals surface area (Å²) in [6.07, 6.45) is 0.855. The molecule has 5 nitrogen and oxygen atoms in total. The molecule has 0 bridgehead atoms. The maximum absolute atomic E-state index is 9.14. The van der Waals surface area contributed by atoms with Gasteiger partial charge in [0.25, 0.3) is 0 Å². The van der Waals surface area contributed by atoms with Gasteiger partial charge in [0.1, 0.15) is 5.82 Å². The minimum atomic E-state index is 0.0601. The van der Waals surface area contributed by atoms with Gasteiger partial charge in [-0.05, 0) is 17.7 Å². The number of benzene rings is 1. The lowest BCUT2D eigenvalue weighted by atomic mass is 10.1. The third kappa shape index (κ3) is 1.51. The van der Waals surface area contributed by atoms with E-state index >= 15 is 0 Å². The Hall–Kier alpha value is -1.88. The van der Waals surface area contributed by atoms with E-state index in [-0.39, 0.29) is 6.61 Å². The molecule has 2 aromatic rings. The Balaban J connectivity index is 2.18. The van der Waals surface area contributed by atoms with E-state index in [4.69, 9.17) is 5.11 Å². The molecule has 0 amide bonds. The summed E-state index contributed by atoms with van der Waals surface area (Å²) in [5.74, 6) is 1.91. The molecule has 0 unspecified atom stereocenters. The highest BCUT2D eigenvalue weighted by atomic mass is 16.3. The van der Waals surface area contributed by atoms with Crippen LogP contribution in [0.15, 0.2) is 18.2 Å². The third-order valence-electron chi connectivity index (χ3n) is 3.03.